The Balaban J connectivity index is 1.67. The van der Waals surface area contributed by atoms with Gasteiger partial charge in [0.1, 0.15) is 11.9 Å². The summed E-state index contributed by atoms with van der Waals surface area (Å²) >= 11 is 0. The third-order valence-electron chi connectivity index (χ3n) is 5.31. The molecule has 3 rings (SSSR count). The molecule has 0 bridgehead atoms. The highest BCUT2D eigenvalue weighted by Gasteiger charge is 2.39. The average Bonchev–Trinajstić information content (AvgIpc) is 3.15. The quantitative estimate of drug-likeness (QED) is 0.774. The van der Waals surface area contributed by atoms with E-state index in [1.165, 1.54) is 0 Å². The fourth-order valence-electron chi connectivity index (χ4n) is 3.68. The molecule has 0 saturated carbocycles. The van der Waals surface area contributed by atoms with Gasteiger partial charge in [-0.15, -0.1) is 0 Å². The molecule has 0 radical (unpaired) electrons. The maximum Gasteiger partial charge on any atom is 0.228 e. The van der Waals surface area contributed by atoms with E-state index in [-0.39, 0.29) is 12.0 Å². The Morgan fingerprint density at radius 2 is 2.19 bits per heavy atom. The molecule has 2 fully saturated rings. The Hall–Kier alpha value is -1.63. The lowest BCUT2D eigenvalue weighted by molar-refractivity contribution is -0.136. The Morgan fingerprint density at radius 3 is 2.88 bits per heavy atom. The van der Waals surface area contributed by atoms with Gasteiger partial charge in [-0.05, 0) is 44.5 Å². The minimum Gasteiger partial charge on any atom is -0.488 e. The van der Waals surface area contributed by atoms with Crippen molar-refractivity contribution >= 4 is 5.91 Å². The molecule has 1 aromatic carbocycles. The van der Waals surface area contributed by atoms with Crippen molar-refractivity contribution in [2.45, 2.75) is 38.8 Å². The number of methoxy groups -OCH3 is 1. The molecule has 0 spiro atoms. The minimum absolute atomic E-state index is 0.0663. The van der Waals surface area contributed by atoms with Crippen molar-refractivity contribution in [1.82, 2.24) is 10.6 Å². The van der Waals surface area contributed by atoms with E-state index in [2.05, 4.69) is 16.7 Å². The minimum atomic E-state index is -0.439. The van der Waals surface area contributed by atoms with E-state index in [4.69, 9.17) is 14.2 Å². The van der Waals surface area contributed by atoms with Crippen LogP contribution in [-0.4, -0.2) is 52.0 Å². The first kappa shape index (κ1) is 19.1. The van der Waals surface area contributed by atoms with Gasteiger partial charge in [0, 0.05) is 25.6 Å². The van der Waals surface area contributed by atoms with Crippen LogP contribution in [0.1, 0.15) is 30.4 Å². The summed E-state index contributed by atoms with van der Waals surface area (Å²) in [6, 6.07) is 6.12. The topological polar surface area (TPSA) is 68.8 Å². The fraction of sp³-hybridized carbons (Fsp3) is 0.650. The zero-order valence-electron chi connectivity index (χ0n) is 15.8. The van der Waals surface area contributed by atoms with Crippen molar-refractivity contribution in [1.29, 1.82) is 0 Å². The molecule has 2 aliphatic heterocycles. The predicted octanol–water partition coefficient (Wildman–Crippen LogP) is 1.80. The second-order valence-corrected chi connectivity index (χ2v) is 7.36. The van der Waals surface area contributed by atoms with Crippen LogP contribution in [0, 0.1) is 12.3 Å². The Labute approximate surface area is 155 Å². The number of amides is 1. The van der Waals surface area contributed by atoms with Crippen LogP contribution in [0.25, 0.3) is 0 Å². The maximum absolute atomic E-state index is 12.9. The van der Waals surface area contributed by atoms with Crippen molar-refractivity contribution in [3.05, 3.63) is 29.3 Å². The molecule has 144 valence electrons. The molecule has 6 nitrogen and oxygen atoms in total. The molecule has 2 saturated heterocycles. The summed E-state index contributed by atoms with van der Waals surface area (Å²) in [5, 5.41) is 6.44. The fourth-order valence-corrected chi connectivity index (χ4v) is 3.68. The molecule has 1 aromatic rings. The van der Waals surface area contributed by atoms with Gasteiger partial charge in [0.15, 0.2) is 0 Å². The maximum atomic E-state index is 12.9. The van der Waals surface area contributed by atoms with Crippen LogP contribution in [0.5, 0.6) is 5.75 Å². The van der Waals surface area contributed by atoms with Crippen LogP contribution in [-0.2, 0) is 20.8 Å². The van der Waals surface area contributed by atoms with E-state index in [9.17, 15) is 4.79 Å². The first-order chi connectivity index (χ1) is 12.6. The first-order valence-corrected chi connectivity index (χ1v) is 9.45. The van der Waals surface area contributed by atoms with Crippen LogP contribution in [0.15, 0.2) is 18.2 Å². The number of nitrogens with one attached hydrogen (secondary N) is 2. The van der Waals surface area contributed by atoms with Crippen molar-refractivity contribution in [3.8, 4) is 5.75 Å². The van der Waals surface area contributed by atoms with E-state index < -0.39 is 5.41 Å². The van der Waals surface area contributed by atoms with Gasteiger partial charge in [-0.2, -0.15) is 0 Å². The number of carbonyl (C=O) groups is 1. The van der Waals surface area contributed by atoms with Crippen molar-refractivity contribution < 1.29 is 19.0 Å². The molecule has 26 heavy (non-hydrogen) atoms. The lowest BCUT2D eigenvalue weighted by Gasteiger charge is -2.35. The van der Waals surface area contributed by atoms with Gasteiger partial charge in [-0.25, -0.2) is 0 Å². The summed E-state index contributed by atoms with van der Waals surface area (Å²) in [7, 11) is 1.66. The van der Waals surface area contributed by atoms with Crippen LogP contribution in [0.4, 0.5) is 0 Å². The third kappa shape index (κ3) is 4.55. The molecule has 2 heterocycles. The Kier molecular flexibility index (Phi) is 6.51. The SMILES string of the molecule is COCC1(C(=O)NCc2ccc(C)cc2OC2CCOC2)CCNCC1. The Morgan fingerprint density at radius 1 is 1.38 bits per heavy atom. The molecule has 2 aliphatic rings. The predicted molar refractivity (Wildman–Crippen MR) is 99.3 cm³/mol. The smallest absolute Gasteiger partial charge is 0.228 e. The van der Waals surface area contributed by atoms with Crippen molar-refractivity contribution in [3.63, 3.8) is 0 Å². The molecule has 2 N–H and O–H groups in total. The van der Waals surface area contributed by atoms with Gasteiger partial charge in [0.25, 0.3) is 0 Å². The molecule has 1 atom stereocenters. The Bertz CT molecular complexity index is 602. The molecule has 1 amide bonds. The van der Waals surface area contributed by atoms with Gasteiger partial charge < -0.3 is 24.8 Å². The zero-order valence-corrected chi connectivity index (χ0v) is 15.8. The zero-order chi connectivity index (χ0) is 18.4. The number of rotatable bonds is 7. The molecular weight excluding hydrogens is 332 g/mol. The van der Waals surface area contributed by atoms with Crippen molar-refractivity contribution in [2.24, 2.45) is 5.41 Å². The largest absolute Gasteiger partial charge is 0.488 e. The molecule has 6 heteroatoms. The number of ether oxygens (including phenoxy) is 3. The summed E-state index contributed by atoms with van der Waals surface area (Å²) in [5.41, 5.74) is 1.70. The highest BCUT2D eigenvalue weighted by Crippen LogP contribution is 2.30. The summed E-state index contributed by atoms with van der Waals surface area (Å²) in [6.45, 7) is 6.02. The summed E-state index contributed by atoms with van der Waals surface area (Å²) in [5.74, 6) is 0.906. The number of piperidine rings is 1. The lowest BCUT2D eigenvalue weighted by Crippen LogP contribution is -2.50. The monoisotopic (exact) mass is 362 g/mol. The average molecular weight is 362 g/mol. The molecular formula is C20H30N2O4. The normalized spacial score (nSPS) is 22.2. The molecule has 1 unspecified atom stereocenters. The van der Waals surface area contributed by atoms with Gasteiger partial charge >= 0.3 is 0 Å². The second-order valence-electron chi connectivity index (χ2n) is 7.36. The summed E-state index contributed by atoms with van der Waals surface area (Å²) < 4.78 is 16.9. The number of aryl methyl sites for hydroxylation is 1. The van der Waals surface area contributed by atoms with E-state index in [1.54, 1.807) is 7.11 Å². The first-order valence-electron chi connectivity index (χ1n) is 9.45. The summed E-state index contributed by atoms with van der Waals surface area (Å²) in [4.78, 5) is 12.9. The molecule has 0 aliphatic carbocycles. The van der Waals surface area contributed by atoms with Crippen LogP contribution < -0.4 is 15.4 Å². The van der Waals surface area contributed by atoms with Gasteiger partial charge in [0.2, 0.25) is 5.91 Å². The van der Waals surface area contributed by atoms with E-state index >= 15 is 0 Å². The molecule has 0 aromatic heterocycles. The van der Waals surface area contributed by atoms with Crippen molar-refractivity contribution in [2.75, 3.05) is 40.0 Å². The van der Waals surface area contributed by atoms with E-state index in [0.717, 1.165) is 55.8 Å². The van der Waals surface area contributed by atoms with E-state index in [1.807, 2.05) is 19.1 Å². The van der Waals surface area contributed by atoms with Gasteiger partial charge in [0.05, 0.1) is 25.2 Å². The van der Waals surface area contributed by atoms with Crippen LogP contribution in [0.3, 0.4) is 0 Å². The van der Waals surface area contributed by atoms with E-state index in [0.29, 0.717) is 19.8 Å². The van der Waals surface area contributed by atoms with Gasteiger partial charge in [-0.1, -0.05) is 12.1 Å². The highest BCUT2D eigenvalue weighted by molar-refractivity contribution is 5.83. The highest BCUT2D eigenvalue weighted by atomic mass is 16.5. The van der Waals surface area contributed by atoms with Crippen LogP contribution >= 0.6 is 0 Å². The number of benzene rings is 1. The number of hydrogen-bond acceptors (Lipinski definition) is 5. The second kappa shape index (κ2) is 8.84. The standard InChI is InChI=1S/C20H30N2O4/c1-15-3-4-16(18(11-15)26-17-5-10-25-13-17)12-22-19(23)20(14-24-2)6-8-21-9-7-20/h3-4,11,17,21H,5-10,12-14H2,1-2H3,(H,22,23). The van der Waals surface area contributed by atoms with Crippen LogP contribution in [0.2, 0.25) is 0 Å². The lowest BCUT2D eigenvalue weighted by atomic mass is 9.78. The third-order valence-corrected chi connectivity index (χ3v) is 5.31. The summed E-state index contributed by atoms with van der Waals surface area (Å²) in [6.07, 6.45) is 2.59. The number of hydrogen-bond donors (Lipinski definition) is 2. The number of carbonyl (C=O) groups excluding carboxylic acids is 1. The van der Waals surface area contributed by atoms with Gasteiger partial charge in [-0.3, -0.25) is 4.79 Å².